The number of methoxy groups -OCH3 is 2. The number of hydrogen-bond donors (Lipinski definition) is 3. The molecule has 0 aliphatic carbocycles. The van der Waals surface area contributed by atoms with Crippen LogP contribution in [0.25, 0.3) is 11.3 Å². The van der Waals surface area contributed by atoms with Crippen LogP contribution in [0.5, 0.6) is 11.5 Å². The first-order valence-corrected chi connectivity index (χ1v) is 10.2. The third-order valence-electron chi connectivity index (χ3n) is 4.43. The number of rotatable bonds is 7. The van der Waals surface area contributed by atoms with E-state index in [0.717, 1.165) is 11.8 Å². The number of aryl methyl sites for hydroxylation is 1. The van der Waals surface area contributed by atoms with E-state index in [9.17, 15) is 20.1 Å². The Kier molecular flexibility index (Phi) is 6.85. The molecule has 1 amide bonds. The molecule has 0 aliphatic heterocycles. The van der Waals surface area contributed by atoms with Gasteiger partial charge in [-0.05, 0) is 5.27 Å². The largest absolute Gasteiger partial charge is 0.497 e. The van der Waals surface area contributed by atoms with Crippen LogP contribution < -0.4 is 30.8 Å². The topological polar surface area (TPSA) is 184 Å². The van der Waals surface area contributed by atoms with Gasteiger partial charge in [0.2, 0.25) is 5.91 Å². The summed E-state index contributed by atoms with van der Waals surface area (Å²) in [5.74, 6) is 0.256. The summed E-state index contributed by atoms with van der Waals surface area (Å²) >= 11 is 0.926. The van der Waals surface area contributed by atoms with Crippen LogP contribution in [0.3, 0.4) is 0 Å². The molecule has 4 N–H and O–H groups in total. The van der Waals surface area contributed by atoms with E-state index in [-0.39, 0.29) is 39.0 Å². The molecule has 2 heterocycles. The van der Waals surface area contributed by atoms with Crippen molar-refractivity contribution < 1.29 is 23.5 Å². The van der Waals surface area contributed by atoms with Crippen LogP contribution in [0.4, 0.5) is 11.5 Å². The molecule has 0 unspecified atom stereocenters. The van der Waals surface area contributed by atoms with Gasteiger partial charge in [0.1, 0.15) is 45.6 Å². The number of nitrogens with two attached hydrogens (primary N) is 1. The number of pyridine rings is 1. The zero-order valence-electron chi connectivity index (χ0n) is 17.8. The molecule has 3 rings (SSSR count). The van der Waals surface area contributed by atoms with E-state index in [2.05, 4.69) is 15.6 Å². The van der Waals surface area contributed by atoms with Crippen molar-refractivity contribution in [2.75, 3.05) is 31.0 Å². The minimum atomic E-state index is -0.795. The van der Waals surface area contributed by atoms with E-state index in [1.54, 1.807) is 18.2 Å². The van der Waals surface area contributed by atoms with Crippen molar-refractivity contribution in [1.82, 2.24) is 10.3 Å². The zero-order chi connectivity index (χ0) is 24.1. The Morgan fingerprint density at radius 2 is 1.88 bits per heavy atom. The van der Waals surface area contributed by atoms with Gasteiger partial charge in [-0.15, -0.1) is 0 Å². The molecule has 0 fully saturated rings. The van der Waals surface area contributed by atoms with Crippen LogP contribution in [-0.2, 0) is 11.8 Å². The van der Waals surface area contributed by atoms with Crippen LogP contribution >= 0.6 is 11.8 Å². The average molecular weight is 468 g/mol. The second-order valence-electron chi connectivity index (χ2n) is 6.48. The van der Waals surface area contributed by atoms with Gasteiger partial charge >= 0.3 is 11.3 Å². The van der Waals surface area contributed by atoms with Crippen LogP contribution in [0.2, 0.25) is 0 Å². The first kappa shape index (κ1) is 23.2. The molecule has 0 saturated carbocycles. The number of carbonyl (C=O) groups is 1. The normalized spacial score (nSPS) is 10.2. The van der Waals surface area contributed by atoms with Gasteiger partial charge in [-0.2, -0.15) is 10.5 Å². The Morgan fingerprint density at radius 3 is 2.39 bits per heavy atom. The number of thioether (sulfide) groups is 1. The number of aromatic nitrogens is 3. The number of nitriles is 2. The summed E-state index contributed by atoms with van der Waals surface area (Å²) in [6.07, 6.45) is 0. The number of nitrogens with zero attached hydrogens (tertiary/aromatic N) is 4. The molecule has 0 saturated heterocycles. The number of anilines is 2. The highest BCUT2D eigenvalue weighted by molar-refractivity contribution is 8.00. The van der Waals surface area contributed by atoms with Crippen molar-refractivity contribution in [1.29, 1.82) is 10.5 Å². The lowest BCUT2D eigenvalue weighted by Gasteiger charge is -2.11. The number of nitrogens with one attached hydrogen (secondary N) is 2. The molecule has 33 heavy (non-hydrogen) atoms. The van der Waals surface area contributed by atoms with Gasteiger partial charge in [0, 0.05) is 23.9 Å². The highest BCUT2D eigenvalue weighted by Gasteiger charge is 2.31. The maximum Gasteiger partial charge on any atom is 0.435 e. The van der Waals surface area contributed by atoms with Crippen molar-refractivity contribution >= 4 is 29.2 Å². The van der Waals surface area contributed by atoms with Crippen LogP contribution in [0, 0.1) is 22.7 Å². The van der Waals surface area contributed by atoms with Gasteiger partial charge in [-0.25, -0.2) is 9.78 Å². The lowest BCUT2D eigenvalue weighted by atomic mass is 10.0. The molecular weight excluding hydrogens is 450 g/mol. The zero-order valence-corrected chi connectivity index (χ0v) is 18.6. The van der Waals surface area contributed by atoms with Crippen molar-refractivity contribution in [2.24, 2.45) is 7.05 Å². The molecule has 0 bridgehead atoms. The van der Waals surface area contributed by atoms with Crippen LogP contribution in [-0.4, -0.2) is 36.1 Å². The third kappa shape index (κ3) is 4.73. The molecule has 3 aromatic rings. The fourth-order valence-electron chi connectivity index (χ4n) is 2.96. The summed E-state index contributed by atoms with van der Waals surface area (Å²) in [4.78, 5) is 28.8. The number of hydrogen-bond acceptors (Lipinski definition) is 10. The quantitative estimate of drug-likeness (QED) is 0.333. The van der Waals surface area contributed by atoms with Gasteiger partial charge in [-0.1, -0.05) is 16.4 Å². The van der Waals surface area contributed by atoms with E-state index >= 15 is 0 Å². The predicted molar refractivity (Wildman–Crippen MR) is 116 cm³/mol. The molecule has 12 nitrogen and oxygen atoms in total. The molecule has 168 valence electrons. The van der Waals surface area contributed by atoms with Crippen molar-refractivity contribution in [3.8, 4) is 34.9 Å². The Hall–Kier alpha value is -4.49. The van der Waals surface area contributed by atoms with E-state index in [1.165, 1.54) is 25.9 Å². The molecule has 0 aliphatic rings. The highest BCUT2D eigenvalue weighted by Crippen LogP contribution is 2.33. The van der Waals surface area contributed by atoms with Crippen molar-refractivity contribution in [3.63, 3.8) is 0 Å². The fraction of sp³-hybridized carbons (Fsp3) is 0.200. The summed E-state index contributed by atoms with van der Waals surface area (Å²) in [6.45, 7) is 0. The summed E-state index contributed by atoms with van der Waals surface area (Å²) in [7, 11) is 4.45. The molecule has 1 aromatic carbocycles. The number of aromatic amines is 1. The van der Waals surface area contributed by atoms with Crippen molar-refractivity contribution in [2.45, 2.75) is 5.03 Å². The second-order valence-corrected chi connectivity index (χ2v) is 7.44. The first-order chi connectivity index (χ1) is 15.8. The molecule has 13 heteroatoms. The summed E-state index contributed by atoms with van der Waals surface area (Å²) < 4.78 is 16.3. The number of carbonyl (C=O) groups excluding carboxylic acids is 1. The van der Waals surface area contributed by atoms with Crippen LogP contribution in [0.1, 0.15) is 11.1 Å². The Morgan fingerprint density at radius 1 is 1.24 bits per heavy atom. The van der Waals surface area contributed by atoms with Gasteiger partial charge in [0.15, 0.2) is 7.05 Å². The maximum absolute atomic E-state index is 12.5. The monoisotopic (exact) mass is 468 g/mol. The summed E-state index contributed by atoms with van der Waals surface area (Å²) in [6, 6.07) is 8.71. The SMILES string of the molecule is COc1cc(NC(=O)CSc2nc(N)c(C#N)c(-c3c(=O)o[nH][n+]3C)c2C#N)cc(OC)c1. The van der Waals surface area contributed by atoms with Crippen molar-refractivity contribution in [3.05, 3.63) is 39.7 Å². The van der Waals surface area contributed by atoms with Gasteiger partial charge in [0.05, 0.1) is 25.5 Å². The van der Waals surface area contributed by atoms with Gasteiger partial charge < -0.3 is 20.5 Å². The predicted octanol–water partition coefficient (Wildman–Crippen LogP) is 0.928. The second kappa shape index (κ2) is 9.76. The maximum atomic E-state index is 12.5. The third-order valence-corrected chi connectivity index (χ3v) is 5.41. The van der Waals surface area contributed by atoms with Gasteiger partial charge in [0.25, 0.3) is 0 Å². The first-order valence-electron chi connectivity index (χ1n) is 9.20. The minimum absolute atomic E-state index is 0.0227. The van der Waals surface area contributed by atoms with E-state index in [4.69, 9.17) is 19.7 Å². The Bertz CT molecular complexity index is 1340. The average Bonchev–Trinajstić information content (AvgIpc) is 3.14. The van der Waals surface area contributed by atoms with Crippen LogP contribution in [0.15, 0.2) is 32.5 Å². The smallest absolute Gasteiger partial charge is 0.435 e. The molecule has 0 spiro atoms. The van der Waals surface area contributed by atoms with E-state index in [1.807, 2.05) is 12.1 Å². The lowest BCUT2D eigenvalue weighted by molar-refractivity contribution is -0.730. The summed E-state index contributed by atoms with van der Waals surface area (Å²) in [5.41, 5.74) is 5.25. The van der Waals surface area contributed by atoms with E-state index < -0.39 is 11.5 Å². The minimum Gasteiger partial charge on any atom is -0.497 e. The fourth-order valence-corrected chi connectivity index (χ4v) is 3.76. The standard InChI is InChI=1S/C20H17N7O5S/c1-27-17(20(29)32-26-27)16-13(7-21)18(23)25-19(14(16)8-22)33-9-15(28)24-10-4-11(30-2)6-12(5-10)31-3/h4-6H,9H2,1-3H3,(H3-,23,24,25,26,28,29)/p+1. The Labute approximate surface area is 191 Å². The van der Waals surface area contributed by atoms with E-state index in [0.29, 0.717) is 17.2 Å². The number of H-pyrrole nitrogens is 1. The highest BCUT2D eigenvalue weighted by atomic mass is 32.2. The number of benzene rings is 1. The molecular formula is C20H18N7O5S+. The number of nitrogen functional groups attached to an aromatic ring is 1. The molecule has 0 radical (unpaired) electrons. The van der Waals surface area contributed by atoms with Gasteiger partial charge in [-0.3, -0.25) is 9.32 Å². The molecule has 2 aromatic heterocycles. The lowest BCUT2D eigenvalue weighted by Crippen LogP contribution is -2.34. The summed E-state index contributed by atoms with van der Waals surface area (Å²) in [5, 5.41) is 24.4. The number of ether oxygens (including phenoxy) is 2. The number of amides is 1. The Balaban J connectivity index is 1.92. The molecule has 0 atom stereocenters.